The van der Waals surface area contributed by atoms with E-state index in [2.05, 4.69) is 15.5 Å². The number of methoxy groups -OCH3 is 1. The molecule has 11 heteroatoms. The fraction of sp³-hybridized carbons (Fsp3) is 0.750. The van der Waals surface area contributed by atoms with E-state index in [-0.39, 0.29) is 38.6 Å². The third-order valence-electron chi connectivity index (χ3n) is 3.24. The van der Waals surface area contributed by atoms with Gasteiger partial charge >= 0.3 is 0 Å². The second kappa shape index (κ2) is 7.81. The molecule has 1 saturated heterocycles. The Kier molecular flexibility index (Phi) is 6.04. The van der Waals surface area contributed by atoms with Crippen LogP contribution in [-0.2, 0) is 37.4 Å². The Morgan fingerprint density at radius 3 is 3.00 bits per heavy atom. The number of hydrogen-bond acceptors (Lipinski definition) is 8. The summed E-state index contributed by atoms with van der Waals surface area (Å²) < 4.78 is 39.7. The van der Waals surface area contributed by atoms with Gasteiger partial charge in [-0.05, 0) is 0 Å². The van der Waals surface area contributed by atoms with Crippen molar-refractivity contribution in [2.75, 3.05) is 33.1 Å². The Labute approximate surface area is 134 Å². The molecule has 1 fully saturated rings. The molecular weight excluding hydrogens is 328 g/mol. The lowest BCUT2D eigenvalue weighted by Crippen LogP contribution is -2.50. The fourth-order valence-electron chi connectivity index (χ4n) is 2.24. The zero-order valence-corrected chi connectivity index (χ0v) is 13.8. The van der Waals surface area contributed by atoms with Crippen molar-refractivity contribution in [3.63, 3.8) is 0 Å². The van der Waals surface area contributed by atoms with Crippen molar-refractivity contribution in [1.29, 1.82) is 0 Å². The predicted molar refractivity (Wildman–Crippen MR) is 77.6 cm³/mol. The predicted octanol–water partition coefficient (Wildman–Crippen LogP) is -1.12. The molecule has 1 N–H and O–H groups in total. The number of nitrogens with zero attached hydrogens (tertiary/aromatic N) is 3. The highest BCUT2D eigenvalue weighted by atomic mass is 32.2. The molecule has 1 atom stereocenters. The van der Waals surface area contributed by atoms with Gasteiger partial charge < -0.3 is 19.3 Å². The molecule has 1 aromatic rings. The average molecular weight is 348 g/mol. The molecule has 130 valence electrons. The fourth-order valence-corrected chi connectivity index (χ4v) is 3.33. The zero-order valence-electron chi connectivity index (χ0n) is 13.0. The lowest BCUT2D eigenvalue weighted by Gasteiger charge is -2.33. The van der Waals surface area contributed by atoms with Crippen molar-refractivity contribution < 1.29 is 27.2 Å². The molecule has 0 radical (unpaired) electrons. The van der Waals surface area contributed by atoms with Crippen LogP contribution < -0.4 is 5.32 Å². The first-order valence-electron chi connectivity index (χ1n) is 7.02. The topological polar surface area (TPSA) is 124 Å². The molecule has 1 aromatic heterocycles. The van der Waals surface area contributed by atoms with Crippen molar-refractivity contribution in [2.24, 2.45) is 0 Å². The van der Waals surface area contributed by atoms with Gasteiger partial charge in [0, 0.05) is 20.1 Å². The number of amides is 1. The van der Waals surface area contributed by atoms with Crippen LogP contribution in [0.2, 0.25) is 0 Å². The summed E-state index contributed by atoms with van der Waals surface area (Å²) in [5, 5.41) is 6.33. The molecule has 0 spiro atoms. The van der Waals surface area contributed by atoms with Gasteiger partial charge in [-0.25, -0.2) is 8.42 Å². The van der Waals surface area contributed by atoms with Crippen molar-refractivity contribution in [3.05, 3.63) is 11.7 Å². The first kappa shape index (κ1) is 17.8. The van der Waals surface area contributed by atoms with Crippen LogP contribution in [0.5, 0.6) is 0 Å². The SMILES string of the molecule is COCc1nc(CNC(=O)C[C@@H]2COCCN2S(C)(=O)=O)no1. The van der Waals surface area contributed by atoms with Crippen LogP contribution in [-0.4, -0.2) is 67.9 Å². The minimum atomic E-state index is -3.37. The number of sulfonamides is 1. The van der Waals surface area contributed by atoms with Gasteiger partial charge in [-0.1, -0.05) is 5.16 Å². The largest absolute Gasteiger partial charge is 0.378 e. The smallest absolute Gasteiger partial charge is 0.252 e. The highest BCUT2D eigenvalue weighted by molar-refractivity contribution is 7.88. The van der Waals surface area contributed by atoms with Crippen LogP contribution in [0.4, 0.5) is 0 Å². The molecule has 23 heavy (non-hydrogen) atoms. The van der Waals surface area contributed by atoms with Gasteiger partial charge in [0.05, 0.1) is 32.1 Å². The second-order valence-corrected chi connectivity index (χ2v) is 7.06. The molecule has 0 unspecified atom stereocenters. The van der Waals surface area contributed by atoms with Crippen molar-refractivity contribution >= 4 is 15.9 Å². The number of carbonyl (C=O) groups excluding carboxylic acids is 1. The molecule has 0 aliphatic carbocycles. The third kappa shape index (κ3) is 5.23. The van der Waals surface area contributed by atoms with E-state index >= 15 is 0 Å². The van der Waals surface area contributed by atoms with Crippen molar-refractivity contribution in [2.45, 2.75) is 25.6 Å². The molecule has 1 amide bonds. The van der Waals surface area contributed by atoms with E-state index in [4.69, 9.17) is 14.0 Å². The van der Waals surface area contributed by atoms with E-state index in [1.54, 1.807) is 0 Å². The Balaban J connectivity index is 1.85. The van der Waals surface area contributed by atoms with Gasteiger partial charge in [0.1, 0.15) is 6.61 Å². The molecule has 1 aliphatic rings. The van der Waals surface area contributed by atoms with Crippen molar-refractivity contribution in [1.82, 2.24) is 19.8 Å². The molecule has 10 nitrogen and oxygen atoms in total. The maximum absolute atomic E-state index is 12.0. The molecule has 0 aromatic carbocycles. The number of rotatable bonds is 7. The number of hydrogen-bond donors (Lipinski definition) is 1. The zero-order chi connectivity index (χ0) is 16.9. The van der Waals surface area contributed by atoms with Gasteiger partial charge in [0.2, 0.25) is 15.9 Å². The van der Waals surface area contributed by atoms with Crippen LogP contribution in [0.25, 0.3) is 0 Å². The van der Waals surface area contributed by atoms with Crippen LogP contribution in [0.3, 0.4) is 0 Å². The Morgan fingerprint density at radius 2 is 2.30 bits per heavy atom. The van der Waals surface area contributed by atoms with Gasteiger partial charge in [-0.2, -0.15) is 9.29 Å². The Morgan fingerprint density at radius 1 is 1.52 bits per heavy atom. The van der Waals surface area contributed by atoms with E-state index < -0.39 is 16.1 Å². The van der Waals surface area contributed by atoms with E-state index in [9.17, 15) is 13.2 Å². The summed E-state index contributed by atoms with van der Waals surface area (Å²) >= 11 is 0. The number of aromatic nitrogens is 2. The van der Waals surface area contributed by atoms with Gasteiger partial charge in [-0.15, -0.1) is 0 Å². The molecular formula is C12H20N4O6S. The third-order valence-corrected chi connectivity index (χ3v) is 4.57. The van der Waals surface area contributed by atoms with Crippen LogP contribution in [0, 0.1) is 0 Å². The van der Waals surface area contributed by atoms with Crippen LogP contribution in [0.1, 0.15) is 18.1 Å². The molecule has 0 bridgehead atoms. The maximum Gasteiger partial charge on any atom is 0.252 e. The standard InChI is InChI=1S/C12H20N4O6S/c1-20-8-12-14-10(15-22-12)6-13-11(17)5-9-7-21-4-3-16(9)23(2,18)19/h9H,3-8H2,1-2H3,(H,13,17)/t9-/m1/s1. The number of carbonyl (C=O) groups is 1. The summed E-state index contributed by atoms with van der Waals surface area (Å²) in [7, 11) is -1.87. The van der Waals surface area contributed by atoms with Crippen molar-refractivity contribution in [3.8, 4) is 0 Å². The normalized spacial score (nSPS) is 19.7. The van der Waals surface area contributed by atoms with Gasteiger partial charge in [0.25, 0.3) is 5.89 Å². The summed E-state index contributed by atoms with van der Waals surface area (Å²) in [6.45, 7) is 1.07. The number of ether oxygens (including phenoxy) is 2. The minimum absolute atomic E-state index is 0.00977. The summed E-state index contributed by atoms with van der Waals surface area (Å²) in [5.41, 5.74) is 0. The molecule has 2 heterocycles. The van der Waals surface area contributed by atoms with Crippen LogP contribution in [0.15, 0.2) is 4.52 Å². The van der Waals surface area contributed by atoms with E-state index in [0.717, 1.165) is 6.26 Å². The maximum atomic E-state index is 12.0. The summed E-state index contributed by atoms with van der Waals surface area (Å²) in [4.78, 5) is 16.0. The minimum Gasteiger partial charge on any atom is -0.378 e. The van der Waals surface area contributed by atoms with Gasteiger partial charge in [-0.3, -0.25) is 4.79 Å². The molecule has 0 saturated carbocycles. The quantitative estimate of drug-likeness (QED) is 0.657. The first-order valence-corrected chi connectivity index (χ1v) is 8.86. The number of morpholine rings is 1. The second-order valence-electron chi connectivity index (χ2n) is 5.12. The average Bonchev–Trinajstić information content (AvgIpc) is 2.93. The van der Waals surface area contributed by atoms with E-state index in [0.29, 0.717) is 18.3 Å². The van der Waals surface area contributed by atoms with E-state index in [1.807, 2.05) is 0 Å². The summed E-state index contributed by atoms with van der Waals surface area (Å²) in [6.07, 6.45) is 1.13. The molecule has 2 rings (SSSR count). The summed E-state index contributed by atoms with van der Waals surface area (Å²) in [5.74, 6) is 0.332. The van der Waals surface area contributed by atoms with Crippen LogP contribution >= 0.6 is 0 Å². The summed E-state index contributed by atoms with van der Waals surface area (Å²) in [6, 6.07) is -0.506. The highest BCUT2D eigenvalue weighted by Crippen LogP contribution is 2.14. The molecule has 1 aliphatic heterocycles. The van der Waals surface area contributed by atoms with Gasteiger partial charge in [0.15, 0.2) is 5.82 Å². The Bertz CT molecular complexity index is 631. The first-order chi connectivity index (χ1) is 10.9. The lowest BCUT2D eigenvalue weighted by molar-refractivity contribution is -0.123. The van der Waals surface area contributed by atoms with E-state index in [1.165, 1.54) is 11.4 Å². The Hall–Kier alpha value is -1.56. The highest BCUT2D eigenvalue weighted by Gasteiger charge is 2.31. The monoisotopic (exact) mass is 348 g/mol. The lowest BCUT2D eigenvalue weighted by atomic mass is 10.2. The number of nitrogens with one attached hydrogen (secondary N) is 1.